The molecule has 21 heavy (non-hydrogen) atoms. The fourth-order valence-corrected chi connectivity index (χ4v) is 3.76. The minimum atomic E-state index is -3.76. The molecule has 114 valence electrons. The van der Waals surface area contributed by atoms with Crippen LogP contribution in [0.3, 0.4) is 0 Å². The molecule has 0 amide bonds. The summed E-state index contributed by atoms with van der Waals surface area (Å²) in [6, 6.07) is 2.20. The summed E-state index contributed by atoms with van der Waals surface area (Å²) in [5, 5.41) is 8.62. The standard InChI is InChI=1S/C13H16N2O5S/c16-13(17)9-3-4-11(14-7-9)21(18,19)15-10-5-6-20-12(10)8-1-2-8/h3-4,7-8,10,12,15H,1-2,5-6H2,(H,16,17). The Kier molecular flexibility index (Phi) is 3.68. The molecule has 3 rings (SSSR count). The highest BCUT2D eigenvalue weighted by molar-refractivity contribution is 7.89. The van der Waals surface area contributed by atoms with Crippen molar-refractivity contribution < 1.29 is 23.1 Å². The van der Waals surface area contributed by atoms with Gasteiger partial charge in [-0.15, -0.1) is 0 Å². The van der Waals surface area contributed by atoms with Crippen LogP contribution in [0.25, 0.3) is 0 Å². The van der Waals surface area contributed by atoms with Crippen molar-refractivity contribution >= 4 is 16.0 Å². The normalized spacial score (nSPS) is 25.9. The van der Waals surface area contributed by atoms with Gasteiger partial charge in [0.2, 0.25) is 0 Å². The van der Waals surface area contributed by atoms with E-state index in [9.17, 15) is 13.2 Å². The molecule has 1 saturated heterocycles. The quantitative estimate of drug-likeness (QED) is 0.826. The van der Waals surface area contributed by atoms with E-state index in [1.54, 1.807) is 0 Å². The van der Waals surface area contributed by atoms with E-state index in [0.717, 1.165) is 19.0 Å². The molecule has 0 bridgehead atoms. The van der Waals surface area contributed by atoms with E-state index < -0.39 is 16.0 Å². The molecule has 1 saturated carbocycles. The summed E-state index contributed by atoms with van der Waals surface area (Å²) in [5.74, 6) is -0.694. The molecule has 8 heteroatoms. The highest BCUT2D eigenvalue weighted by atomic mass is 32.2. The lowest BCUT2D eigenvalue weighted by atomic mass is 10.1. The molecule has 1 aliphatic carbocycles. The van der Waals surface area contributed by atoms with Gasteiger partial charge in [-0.25, -0.2) is 22.9 Å². The summed E-state index contributed by atoms with van der Waals surface area (Å²) in [6.07, 6.45) is 3.79. The predicted molar refractivity (Wildman–Crippen MR) is 72.4 cm³/mol. The molecular formula is C13H16N2O5S. The van der Waals surface area contributed by atoms with Crippen molar-refractivity contribution in [2.24, 2.45) is 5.92 Å². The minimum Gasteiger partial charge on any atom is -0.478 e. The molecule has 2 aliphatic rings. The third-order valence-corrected chi connectivity index (χ3v) is 5.19. The largest absolute Gasteiger partial charge is 0.478 e. The number of carboxylic acid groups (broad SMARTS) is 1. The van der Waals surface area contributed by atoms with Crippen molar-refractivity contribution in [3.63, 3.8) is 0 Å². The lowest BCUT2D eigenvalue weighted by Crippen LogP contribution is -2.41. The summed E-state index contributed by atoms with van der Waals surface area (Å²) in [7, 11) is -3.76. The number of hydrogen-bond acceptors (Lipinski definition) is 5. The second kappa shape index (κ2) is 5.36. The maximum Gasteiger partial charge on any atom is 0.337 e. The van der Waals surface area contributed by atoms with Gasteiger partial charge in [-0.05, 0) is 37.3 Å². The number of aromatic carboxylic acids is 1. The molecule has 1 aromatic rings. The summed E-state index contributed by atoms with van der Waals surface area (Å²) < 4.78 is 32.8. The third-order valence-electron chi connectivity index (χ3n) is 3.79. The van der Waals surface area contributed by atoms with Crippen LogP contribution < -0.4 is 4.72 Å². The Morgan fingerprint density at radius 1 is 1.33 bits per heavy atom. The molecule has 2 atom stereocenters. The maximum atomic E-state index is 12.3. The zero-order valence-electron chi connectivity index (χ0n) is 11.2. The van der Waals surface area contributed by atoms with E-state index >= 15 is 0 Å². The van der Waals surface area contributed by atoms with Crippen LogP contribution in [0.4, 0.5) is 0 Å². The van der Waals surface area contributed by atoms with Gasteiger partial charge in [0.25, 0.3) is 10.0 Å². The SMILES string of the molecule is O=C(O)c1ccc(S(=O)(=O)NC2CCOC2C2CC2)nc1. The molecule has 0 spiro atoms. The molecule has 1 aromatic heterocycles. The molecule has 2 heterocycles. The Hall–Kier alpha value is -1.51. The molecule has 2 unspecified atom stereocenters. The van der Waals surface area contributed by atoms with E-state index in [1.807, 2.05) is 0 Å². The van der Waals surface area contributed by atoms with Crippen LogP contribution in [-0.4, -0.2) is 43.2 Å². The van der Waals surface area contributed by atoms with Gasteiger partial charge >= 0.3 is 5.97 Å². The van der Waals surface area contributed by atoms with Crippen LogP contribution in [0, 0.1) is 5.92 Å². The fourth-order valence-electron chi connectivity index (χ4n) is 2.55. The van der Waals surface area contributed by atoms with Gasteiger partial charge in [0.05, 0.1) is 17.7 Å². The Bertz CT molecular complexity index is 639. The zero-order valence-corrected chi connectivity index (χ0v) is 12.0. The van der Waals surface area contributed by atoms with Crippen LogP contribution >= 0.6 is 0 Å². The summed E-state index contributed by atoms with van der Waals surface area (Å²) in [6.45, 7) is 0.555. The van der Waals surface area contributed by atoms with Crippen LogP contribution in [0.15, 0.2) is 23.4 Å². The van der Waals surface area contributed by atoms with Crippen molar-refractivity contribution in [3.8, 4) is 0 Å². The van der Waals surface area contributed by atoms with Gasteiger partial charge in [-0.3, -0.25) is 0 Å². The third kappa shape index (κ3) is 3.07. The molecule has 1 aliphatic heterocycles. The molecule has 2 fully saturated rings. The number of rotatable bonds is 5. The van der Waals surface area contributed by atoms with E-state index in [1.165, 1.54) is 12.1 Å². The van der Waals surface area contributed by atoms with Gasteiger partial charge in [0.15, 0.2) is 5.03 Å². The van der Waals surface area contributed by atoms with Crippen molar-refractivity contribution in [1.29, 1.82) is 0 Å². The second-order valence-electron chi connectivity index (χ2n) is 5.38. The lowest BCUT2D eigenvalue weighted by Gasteiger charge is -2.19. The number of ether oxygens (including phenoxy) is 1. The monoisotopic (exact) mass is 312 g/mol. The number of nitrogens with one attached hydrogen (secondary N) is 1. The van der Waals surface area contributed by atoms with Crippen LogP contribution in [0.1, 0.15) is 29.6 Å². The summed E-state index contributed by atoms with van der Waals surface area (Å²) >= 11 is 0. The Morgan fingerprint density at radius 3 is 2.67 bits per heavy atom. The zero-order chi connectivity index (χ0) is 15.0. The highest BCUT2D eigenvalue weighted by Crippen LogP contribution is 2.39. The topological polar surface area (TPSA) is 106 Å². The van der Waals surface area contributed by atoms with E-state index in [-0.39, 0.29) is 22.7 Å². The van der Waals surface area contributed by atoms with E-state index in [2.05, 4.69) is 9.71 Å². The second-order valence-corrected chi connectivity index (χ2v) is 7.04. The van der Waals surface area contributed by atoms with Gasteiger partial charge in [0, 0.05) is 12.8 Å². The molecular weight excluding hydrogens is 296 g/mol. The first-order valence-corrected chi connectivity index (χ1v) is 8.29. The average Bonchev–Trinajstić information content (AvgIpc) is 3.19. The van der Waals surface area contributed by atoms with Crippen molar-refractivity contribution in [1.82, 2.24) is 9.71 Å². The fraction of sp³-hybridized carbons (Fsp3) is 0.538. The molecule has 2 N–H and O–H groups in total. The molecule has 7 nitrogen and oxygen atoms in total. The van der Waals surface area contributed by atoms with E-state index in [0.29, 0.717) is 18.9 Å². The number of nitrogens with zero attached hydrogens (tertiary/aromatic N) is 1. The number of carboxylic acids is 1. The van der Waals surface area contributed by atoms with Gasteiger partial charge in [-0.2, -0.15) is 0 Å². The van der Waals surface area contributed by atoms with Gasteiger partial charge in [0.1, 0.15) is 0 Å². The Labute approximate surface area is 122 Å². The first kappa shape index (κ1) is 14.4. The first-order chi connectivity index (χ1) is 9.97. The van der Waals surface area contributed by atoms with Crippen LogP contribution in [-0.2, 0) is 14.8 Å². The van der Waals surface area contributed by atoms with Crippen LogP contribution in [0.2, 0.25) is 0 Å². The first-order valence-electron chi connectivity index (χ1n) is 6.80. The van der Waals surface area contributed by atoms with E-state index in [4.69, 9.17) is 9.84 Å². The number of sulfonamides is 1. The molecule has 0 radical (unpaired) electrons. The Balaban J connectivity index is 1.75. The number of aromatic nitrogens is 1. The van der Waals surface area contributed by atoms with Crippen molar-refractivity contribution in [2.45, 2.75) is 36.4 Å². The lowest BCUT2D eigenvalue weighted by molar-refractivity contribution is 0.0696. The smallest absolute Gasteiger partial charge is 0.337 e. The van der Waals surface area contributed by atoms with Gasteiger partial charge < -0.3 is 9.84 Å². The van der Waals surface area contributed by atoms with Crippen molar-refractivity contribution in [3.05, 3.63) is 23.9 Å². The number of carbonyl (C=O) groups is 1. The number of hydrogen-bond donors (Lipinski definition) is 2. The minimum absolute atomic E-state index is 0.0472. The van der Waals surface area contributed by atoms with Gasteiger partial charge in [-0.1, -0.05) is 0 Å². The summed E-state index contributed by atoms with van der Waals surface area (Å²) in [4.78, 5) is 14.5. The van der Waals surface area contributed by atoms with Crippen molar-refractivity contribution in [2.75, 3.05) is 6.61 Å². The maximum absolute atomic E-state index is 12.3. The summed E-state index contributed by atoms with van der Waals surface area (Å²) in [5.41, 5.74) is -0.0472. The molecule has 0 aromatic carbocycles. The predicted octanol–water partition coefficient (Wildman–Crippen LogP) is 0.626. The Morgan fingerprint density at radius 2 is 2.10 bits per heavy atom. The average molecular weight is 312 g/mol. The highest BCUT2D eigenvalue weighted by Gasteiger charge is 2.42. The van der Waals surface area contributed by atoms with Crippen LogP contribution in [0.5, 0.6) is 0 Å². The number of pyridine rings is 1.